The third-order valence-electron chi connectivity index (χ3n) is 5.07. The summed E-state index contributed by atoms with van der Waals surface area (Å²) in [7, 11) is 0. The van der Waals surface area contributed by atoms with Gasteiger partial charge in [-0.15, -0.1) is 35.8 Å². The van der Waals surface area contributed by atoms with Crippen molar-refractivity contribution >= 4 is 34.4 Å². The number of unbranched alkanes of at least 4 members (excludes halogenated alkanes) is 3. The van der Waals surface area contributed by atoms with Gasteiger partial charge in [0.05, 0.1) is 22.0 Å². The summed E-state index contributed by atoms with van der Waals surface area (Å²) in [5.41, 5.74) is 3.53. The fourth-order valence-corrected chi connectivity index (χ4v) is 4.86. The highest BCUT2D eigenvalue weighted by Crippen LogP contribution is 2.24. The molecule has 2 aromatic rings. The third kappa shape index (κ3) is 11.6. The van der Waals surface area contributed by atoms with Crippen LogP contribution < -0.4 is 5.32 Å². The molecule has 2 N–H and O–H groups in total. The summed E-state index contributed by atoms with van der Waals surface area (Å²) in [6.07, 6.45) is 13.4. The Bertz CT molecular complexity index is 957. The van der Waals surface area contributed by atoms with Gasteiger partial charge in [-0.3, -0.25) is 9.59 Å². The Labute approximate surface area is 212 Å². The molecule has 7 heteroatoms. The summed E-state index contributed by atoms with van der Waals surface area (Å²) < 4.78 is 0. The van der Waals surface area contributed by atoms with Gasteiger partial charge in [0.25, 0.3) is 0 Å². The second-order valence-corrected chi connectivity index (χ2v) is 10.1. The normalized spacial score (nSPS) is 12.3. The van der Waals surface area contributed by atoms with Gasteiger partial charge in [-0.05, 0) is 63.3 Å². The number of hydrogen-bond acceptors (Lipinski definition) is 6. The summed E-state index contributed by atoms with van der Waals surface area (Å²) in [5.74, 6) is -0.671. The highest BCUT2D eigenvalue weighted by molar-refractivity contribution is 7.14. The van der Waals surface area contributed by atoms with Crippen molar-refractivity contribution in [3.63, 3.8) is 0 Å². The van der Waals surface area contributed by atoms with Crippen LogP contribution in [0.5, 0.6) is 0 Å². The lowest BCUT2D eigenvalue weighted by atomic mass is 9.96. The molecule has 5 nitrogen and oxygen atoms in total. The van der Waals surface area contributed by atoms with Crippen LogP contribution in [-0.2, 0) is 17.8 Å². The molecule has 1 aliphatic carbocycles. The van der Waals surface area contributed by atoms with E-state index >= 15 is 0 Å². The Morgan fingerprint density at radius 1 is 1.21 bits per heavy atom. The molecule has 0 saturated heterocycles. The van der Waals surface area contributed by atoms with Crippen molar-refractivity contribution in [2.45, 2.75) is 78.7 Å². The molecular weight excluding hydrogens is 464 g/mol. The number of ketones is 1. The van der Waals surface area contributed by atoms with Gasteiger partial charge in [-0.1, -0.05) is 32.3 Å². The molecule has 0 amide bonds. The van der Waals surface area contributed by atoms with Gasteiger partial charge in [-0.25, -0.2) is 4.98 Å². The zero-order valence-corrected chi connectivity index (χ0v) is 22.3. The molecule has 2 heterocycles. The number of allylic oxidation sites excluding steroid dienone is 3. The van der Waals surface area contributed by atoms with E-state index in [0.717, 1.165) is 16.4 Å². The van der Waals surface area contributed by atoms with Gasteiger partial charge in [-0.2, -0.15) is 0 Å². The van der Waals surface area contributed by atoms with E-state index in [1.54, 1.807) is 29.2 Å². The molecule has 0 spiro atoms. The number of rotatable bonds is 11. The molecule has 0 aliphatic heterocycles. The Morgan fingerprint density at radius 2 is 1.97 bits per heavy atom. The minimum Gasteiger partial charge on any atom is -0.481 e. The smallest absolute Gasteiger partial charge is 0.309 e. The van der Waals surface area contributed by atoms with E-state index in [1.165, 1.54) is 66.9 Å². The summed E-state index contributed by atoms with van der Waals surface area (Å²) in [6.45, 7) is 12.6. The molecule has 0 saturated carbocycles. The van der Waals surface area contributed by atoms with E-state index < -0.39 is 5.97 Å². The van der Waals surface area contributed by atoms with Crippen LogP contribution in [0.1, 0.15) is 84.0 Å². The quantitative estimate of drug-likeness (QED) is 0.189. The number of nitrogens with zero attached hydrogens (tertiary/aromatic N) is 1. The molecule has 0 bridgehead atoms. The maximum Gasteiger partial charge on any atom is 0.309 e. The summed E-state index contributed by atoms with van der Waals surface area (Å²) in [5, 5.41) is 14.6. The first-order valence-electron chi connectivity index (χ1n) is 11.7. The lowest BCUT2D eigenvalue weighted by molar-refractivity contribution is -0.136. The number of nitrogens with one attached hydrogen (secondary N) is 1. The molecule has 0 atom stereocenters. The van der Waals surface area contributed by atoms with Crippen LogP contribution >= 0.6 is 22.7 Å². The Kier molecular flexibility index (Phi) is 14.8. The van der Waals surface area contributed by atoms with Crippen molar-refractivity contribution in [1.82, 2.24) is 10.3 Å². The van der Waals surface area contributed by atoms with E-state index in [4.69, 9.17) is 5.11 Å². The third-order valence-corrected chi connectivity index (χ3v) is 7.08. The van der Waals surface area contributed by atoms with Crippen LogP contribution in [0.4, 0.5) is 0 Å². The summed E-state index contributed by atoms with van der Waals surface area (Å²) in [6, 6.07) is 3.99. The van der Waals surface area contributed by atoms with Gasteiger partial charge in [0.15, 0.2) is 5.78 Å². The Balaban J connectivity index is 0.000000402. The van der Waals surface area contributed by atoms with Crippen LogP contribution in [0, 0.1) is 6.92 Å². The lowest BCUT2D eigenvalue weighted by Gasteiger charge is -2.17. The topological polar surface area (TPSA) is 79.3 Å². The minimum atomic E-state index is -0.828. The minimum absolute atomic E-state index is 0.0321. The summed E-state index contributed by atoms with van der Waals surface area (Å²) in [4.78, 5) is 27.6. The number of carbonyl (C=O) groups excluding carboxylic acids is 1. The molecule has 3 rings (SSSR count). The number of thiazole rings is 1. The maximum absolute atomic E-state index is 11.4. The number of aliphatic carboxylic acids is 1. The molecule has 0 aromatic carbocycles. The summed E-state index contributed by atoms with van der Waals surface area (Å²) >= 11 is 3.07. The van der Waals surface area contributed by atoms with Gasteiger partial charge in [0.1, 0.15) is 0 Å². The number of carboxylic acid groups (broad SMARTS) is 1. The largest absolute Gasteiger partial charge is 0.481 e. The van der Waals surface area contributed by atoms with Crippen molar-refractivity contribution in [3.8, 4) is 0 Å². The highest BCUT2D eigenvalue weighted by atomic mass is 32.1. The molecule has 34 heavy (non-hydrogen) atoms. The van der Waals surface area contributed by atoms with Crippen LogP contribution in [0.3, 0.4) is 0 Å². The fourth-order valence-electron chi connectivity index (χ4n) is 3.41. The van der Waals surface area contributed by atoms with E-state index in [-0.39, 0.29) is 12.2 Å². The van der Waals surface area contributed by atoms with Gasteiger partial charge < -0.3 is 10.4 Å². The van der Waals surface area contributed by atoms with E-state index in [1.807, 2.05) is 13.0 Å². The zero-order valence-electron chi connectivity index (χ0n) is 20.7. The average molecular weight is 503 g/mol. The second kappa shape index (κ2) is 17.0. The van der Waals surface area contributed by atoms with Crippen LogP contribution in [-0.4, -0.2) is 21.8 Å². The fraction of sp³-hybridized carbons (Fsp3) is 0.444. The van der Waals surface area contributed by atoms with Crippen LogP contribution in [0.15, 0.2) is 54.1 Å². The van der Waals surface area contributed by atoms with Crippen molar-refractivity contribution < 1.29 is 14.7 Å². The number of Topliss-reactive ketones (excluding diaryl/α,β-unsaturated/α-hetero) is 1. The number of carbonyl (C=O) groups is 2. The van der Waals surface area contributed by atoms with Crippen molar-refractivity contribution in [2.24, 2.45) is 0 Å². The Hall–Kier alpha value is -2.51. The number of aromatic nitrogens is 1. The number of thiophene rings is 1. The second-order valence-electron chi connectivity index (χ2n) is 7.87. The monoisotopic (exact) mass is 502 g/mol. The van der Waals surface area contributed by atoms with Crippen LogP contribution in [0.2, 0.25) is 0 Å². The van der Waals surface area contributed by atoms with Gasteiger partial charge in [0, 0.05) is 22.5 Å². The molecule has 2 aromatic heterocycles. The molecular formula is C27H38N2O3S2. The number of hydrogen-bond donors (Lipinski definition) is 2. The standard InChI is InChI=1S/C19H27NOS.C6H7NO2S.C2H4/c1-3-4-5-6-9-16-10-7-8-11-18(16)20-14-17-12-13-19(22-17)15(2)21;1-4-7-5(3-10-4)2-6(8)9;1-2/h8,11-13,20H,3-7,9-10,14H2,1-2H3;3H,2H2,1H3,(H,8,9);1-2H2. The van der Waals surface area contributed by atoms with Crippen molar-refractivity contribution in [3.05, 3.63) is 74.5 Å². The molecule has 0 radical (unpaired) electrons. The van der Waals surface area contributed by atoms with E-state index in [9.17, 15) is 9.59 Å². The predicted molar refractivity (Wildman–Crippen MR) is 145 cm³/mol. The maximum atomic E-state index is 11.4. The predicted octanol–water partition coefficient (Wildman–Crippen LogP) is 7.50. The molecule has 186 valence electrons. The molecule has 0 fully saturated rings. The zero-order chi connectivity index (χ0) is 25.3. The van der Waals surface area contributed by atoms with Gasteiger partial charge in [0.2, 0.25) is 0 Å². The lowest BCUT2D eigenvalue weighted by Crippen LogP contribution is -2.14. The van der Waals surface area contributed by atoms with Crippen LogP contribution in [0.25, 0.3) is 0 Å². The van der Waals surface area contributed by atoms with E-state index in [2.05, 4.69) is 48.6 Å². The average Bonchev–Trinajstić information content (AvgIpc) is 3.46. The van der Waals surface area contributed by atoms with Gasteiger partial charge >= 0.3 is 5.97 Å². The first kappa shape index (κ1) is 29.5. The molecule has 0 unspecified atom stereocenters. The first-order valence-corrected chi connectivity index (χ1v) is 13.4. The van der Waals surface area contributed by atoms with Crippen molar-refractivity contribution in [1.29, 1.82) is 0 Å². The first-order chi connectivity index (χ1) is 16.4. The highest BCUT2D eigenvalue weighted by Gasteiger charge is 2.10. The SMILES string of the molecule is C=C.CCCCCCC1=C(NCc2ccc(C(C)=O)s2)C=CCC1.Cc1nc(CC(=O)O)cs1. The number of carboxylic acids is 1. The van der Waals surface area contributed by atoms with E-state index in [0.29, 0.717) is 5.69 Å². The number of aryl methyl sites for hydroxylation is 1. The molecule has 1 aliphatic rings. The Morgan fingerprint density at radius 3 is 2.56 bits per heavy atom. The van der Waals surface area contributed by atoms with Crippen molar-refractivity contribution in [2.75, 3.05) is 0 Å².